The van der Waals surface area contributed by atoms with E-state index in [4.69, 9.17) is 5.73 Å². The highest BCUT2D eigenvalue weighted by Gasteiger charge is 2.03. The van der Waals surface area contributed by atoms with E-state index in [0.717, 1.165) is 17.1 Å². The minimum absolute atomic E-state index is 0.610. The number of halogens is 1. The van der Waals surface area contributed by atoms with Crippen molar-refractivity contribution in [2.75, 3.05) is 11.1 Å². The molecule has 2 aromatic rings. The molecule has 0 spiro atoms. The summed E-state index contributed by atoms with van der Waals surface area (Å²) in [7, 11) is 0. The Hall–Kier alpha value is -1.09. The van der Waals surface area contributed by atoms with Crippen molar-refractivity contribution in [1.29, 1.82) is 0 Å². The molecule has 0 atom stereocenters. The molecule has 2 N–H and O–H groups in total. The molecule has 1 aromatic carbocycles. The summed E-state index contributed by atoms with van der Waals surface area (Å²) in [6, 6.07) is 8.11. The van der Waals surface area contributed by atoms with Crippen molar-refractivity contribution in [2.24, 2.45) is 0 Å². The topological polar surface area (TPSA) is 38.9 Å². The van der Waals surface area contributed by atoms with E-state index in [0.29, 0.717) is 5.82 Å². The molecule has 0 amide bonds. The normalized spacial score (nSPS) is 10.6. The molecular weight excluding hydrogens is 240 g/mol. The minimum atomic E-state index is 0.610. The molecule has 1 aromatic heterocycles. The summed E-state index contributed by atoms with van der Waals surface area (Å²) in [5.41, 5.74) is 7.04. The quantitative estimate of drug-likeness (QED) is 0.833. The minimum Gasteiger partial charge on any atom is -0.383 e. The average Bonchev–Trinajstić information content (AvgIpc) is 2.23. The maximum Gasteiger partial charge on any atom is 0.131 e. The number of benzene rings is 1. The van der Waals surface area contributed by atoms with E-state index in [1.165, 1.54) is 10.9 Å². The summed E-state index contributed by atoms with van der Waals surface area (Å²) in [5, 5.41) is 3.20. The first-order valence-electron chi connectivity index (χ1n) is 4.51. The molecule has 0 saturated carbocycles. The van der Waals surface area contributed by atoms with Crippen molar-refractivity contribution in [3.63, 3.8) is 0 Å². The number of anilines is 1. The highest BCUT2D eigenvalue weighted by Crippen LogP contribution is 2.22. The zero-order chi connectivity index (χ0) is 9.97. The fourth-order valence-corrected chi connectivity index (χ4v) is 2.00. The fraction of sp³-hybridized carbons (Fsp3) is 0.182. The Morgan fingerprint density at radius 1 is 1.21 bits per heavy atom. The Labute approximate surface area is 91.3 Å². The van der Waals surface area contributed by atoms with Crippen molar-refractivity contribution in [1.82, 2.24) is 4.98 Å². The molecule has 0 fully saturated rings. The average molecular weight is 251 g/mol. The molecule has 2 rings (SSSR count). The lowest BCUT2D eigenvalue weighted by Crippen LogP contribution is -1.96. The molecule has 0 saturated heterocycles. The molecular formula is C11H11BrN2. The van der Waals surface area contributed by atoms with Crippen molar-refractivity contribution < 1.29 is 0 Å². The van der Waals surface area contributed by atoms with Gasteiger partial charge < -0.3 is 5.73 Å². The number of rotatable bonds is 2. The predicted molar refractivity (Wildman–Crippen MR) is 63.7 cm³/mol. The largest absolute Gasteiger partial charge is 0.383 e. The van der Waals surface area contributed by atoms with Crippen LogP contribution in [-0.2, 0) is 6.42 Å². The zero-order valence-corrected chi connectivity index (χ0v) is 9.29. The van der Waals surface area contributed by atoms with Crippen molar-refractivity contribution in [3.05, 3.63) is 36.0 Å². The van der Waals surface area contributed by atoms with Crippen LogP contribution in [0.25, 0.3) is 10.8 Å². The molecule has 0 aliphatic heterocycles. The second kappa shape index (κ2) is 3.96. The molecule has 2 nitrogen and oxygen atoms in total. The number of aryl methyl sites for hydroxylation is 1. The SMILES string of the molecule is Nc1ncc(CCBr)c2ccccc12. The van der Waals surface area contributed by atoms with E-state index in [-0.39, 0.29) is 0 Å². The molecule has 3 heteroatoms. The molecule has 0 bridgehead atoms. The van der Waals surface area contributed by atoms with E-state index in [2.05, 4.69) is 27.0 Å². The molecule has 14 heavy (non-hydrogen) atoms. The number of alkyl halides is 1. The standard InChI is InChI=1S/C11H11BrN2/c12-6-5-8-7-14-11(13)10-4-2-1-3-9(8)10/h1-4,7H,5-6H2,(H2,13,14). The number of nitrogen functional groups attached to an aromatic ring is 1. The van der Waals surface area contributed by atoms with E-state index < -0.39 is 0 Å². The molecule has 0 aliphatic carbocycles. The van der Waals surface area contributed by atoms with Gasteiger partial charge in [-0.3, -0.25) is 0 Å². The smallest absolute Gasteiger partial charge is 0.131 e. The van der Waals surface area contributed by atoms with E-state index >= 15 is 0 Å². The molecule has 1 heterocycles. The van der Waals surface area contributed by atoms with E-state index in [9.17, 15) is 0 Å². The highest BCUT2D eigenvalue weighted by atomic mass is 79.9. The number of aromatic nitrogens is 1. The van der Waals surface area contributed by atoms with Crippen molar-refractivity contribution in [3.8, 4) is 0 Å². The summed E-state index contributed by atoms with van der Waals surface area (Å²) in [4.78, 5) is 4.18. The van der Waals surface area contributed by atoms with Gasteiger partial charge in [0.15, 0.2) is 0 Å². The van der Waals surface area contributed by atoms with Gasteiger partial charge in [-0.15, -0.1) is 0 Å². The third-order valence-corrected chi connectivity index (χ3v) is 2.67. The summed E-state index contributed by atoms with van der Waals surface area (Å²) < 4.78 is 0. The summed E-state index contributed by atoms with van der Waals surface area (Å²) in [6.45, 7) is 0. The lowest BCUT2D eigenvalue weighted by atomic mass is 10.1. The Balaban J connectivity index is 2.68. The van der Waals surface area contributed by atoms with Crippen LogP contribution in [0.15, 0.2) is 30.5 Å². The zero-order valence-electron chi connectivity index (χ0n) is 7.70. The van der Waals surface area contributed by atoms with Gasteiger partial charge >= 0.3 is 0 Å². The van der Waals surface area contributed by atoms with Gasteiger partial charge in [-0.2, -0.15) is 0 Å². The summed E-state index contributed by atoms with van der Waals surface area (Å²) in [6.07, 6.45) is 2.84. The first kappa shape index (κ1) is 9.46. The Morgan fingerprint density at radius 3 is 2.64 bits per heavy atom. The number of pyridine rings is 1. The van der Waals surface area contributed by atoms with Crippen LogP contribution in [0.4, 0.5) is 5.82 Å². The Kier molecular flexibility index (Phi) is 2.68. The summed E-state index contributed by atoms with van der Waals surface area (Å²) in [5.74, 6) is 0.610. The van der Waals surface area contributed by atoms with Gasteiger partial charge in [-0.1, -0.05) is 40.2 Å². The fourth-order valence-electron chi connectivity index (χ4n) is 1.57. The van der Waals surface area contributed by atoms with Crippen LogP contribution in [0.3, 0.4) is 0 Å². The van der Waals surface area contributed by atoms with Crippen LogP contribution in [0.5, 0.6) is 0 Å². The summed E-state index contributed by atoms with van der Waals surface area (Å²) >= 11 is 3.43. The number of hydrogen-bond donors (Lipinski definition) is 1. The number of nitrogens with zero attached hydrogens (tertiary/aromatic N) is 1. The second-order valence-corrected chi connectivity index (χ2v) is 3.95. The lowest BCUT2D eigenvalue weighted by Gasteiger charge is -2.05. The molecule has 0 unspecified atom stereocenters. The second-order valence-electron chi connectivity index (χ2n) is 3.15. The monoisotopic (exact) mass is 250 g/mol. The molecule has 72 valence electrons. The first-order valence-corrected chi connectivity index (χ1v) is 5.63. The molecule has 0 aliphatic rings. The Bertz CT molecular complexity index is 454. The van der Waals surface area contributed by atoms with Crippen molar-refractivity contribution >= 4 is 32.5 Å². The highest BCUT2D eigenvalue weighted by molar-refractivity contribution is 9.09. The number of nitrogens with two attached hydrogens (primary N) is 1. The maximum absolute atomic E-state index is 5.80. The van der Waals surface area contributed by atoms with E-state index in [1.807, 2.05) is 24.4 Å². The first-order chi connectivity index (χ1) is 6.83. The van der Waals surface area contributed by atoms with Gasteiger partial charge in [0.25, 0.3) is 0 Å². The van der Waals surface area contributed by atoms with Gasteiger partial charge in [-0.25, -0.2) is 4.98 Å². The van der Waals surface area contributed by atoms with Crippen LogP contribution in [0.1, 0.15) is 5.56 Å². The third kappa shape index (κ3) is 1.60. The van der Waals surface area contributed by atoms with E-state index in [1.54, 1.807) is 0 Å². The lowest BCUT2D eigenvalue weighted by molar-refractivity contribution is 1.15. The number of hydrogen-bond acceptors (Lipinski definition) is 2. The third-order valence-electron chi connectivity index (χ3n) is 2.27. The van der Waals surface area contributed by atoms with Gasteiger partial charge in [0.05, 0.1) is 0 Å². The van der Waals surface area contributed by atoms with Crippen LogP contribution in [0, 0.1) is 0 Å². The van der Waals surface area contributed by atoms with Gasteiger partial charge in [0, 0.05) is 16.9 Å². The van der Waals surface area contributed by atoms with Gasteiger partial charge in [0.2, 0.25) is 0 Å². The van der Waals surface area contributed by atoms with Crippen molar-refractivity contribution in [2.45, 2.75) is 6.42 Å². The van der Waals surface area contributed by atoms with Crippen LogP contribution in [-0.4, -0.2) is 10.3 Å². The van der Waals surface area contributed by atoms with Gasteiger partial charge in [0.1, 0.15) is 5.82 Å². The van der Waals surface area contributed by atoms with Crippen LogP contribution < -0.4 is 5.73 Å². The van der Waals surface area contributed by atoms with Gasteiger partial charge in [-0.05, 0) is 17.4 Å². The van der Waals surface area contributed by atoms with Crippen LogP contribution >= 0.6 is 15.9 Å². The van der Waals surface area contributed by atoms with Crippen LogP contribution in [0.2, 0.25) is 0 Å². The predicted octanol–water partition coefficient (Wildman–Crippen LogP) is 2.75. The number of fused-ring (bicyclic) bond motifs is 1. The Morgan fingerprint density at radius 2 is 1.93 bits per heavy atom. The molecule has 0 radical (unpaired) electrons. The maximum atomic E-state index is 5.80.